The van der Waals surface area contributed by atoms with Crippen molar-refractivity contribution in [1.29, 1.82) is 0 Å². The van der Waals surface area contributed by atoms with Gasteiger partial charge in [0.05, 0.1) is 12.2 Å². The highest BCUT2D eigenvalue weighted by molar-refractivity contribution is 7.81. The van der Waals surface area contributed by atoms with Gasteiger partial charge < -0.3 is 0 Å². The quantitative estimate of drug-likeness (QED) is 0.354. The fourth-order valence-corrected chi connectivity index (χ4v) is 14.4. The molecule has 9 heteroatoms. The van der Waals surface area contributed by atoms with Crippen molar-refractivity contribution in [3.05, 3.63) is 48.5 Å². The molecule has 0 aliphatic carbocycles. The highest BCUT2D eigenvalue weighted by atomic mass is 32.3. The van der Waals surface area contributed by atoms with Crippen LogP contribution in [0.25, 0.3) is 0 Å². The summed E-state index contributed by atoms with van der Waals surface area (Å²) < 4.78 is 30.9. The van der Waals surface area contributed by atoms with Crippen LogP contribution in [-0.2, 0) is 18.8 Å². The lowest BCUT2D eigenvalue weighted by Crippen LogP contribution is -2.28. The molecule has 3 aliphatic heterocycles. The van der Waals surface area contributed by atoms with E-state index in [2.05, 4.69) is 90.9 Å². The number of benzene rings is 2. The van der Waals surface area contributed by atoms with E-state index in [0.29, 0.717) is 0 Å². The van der Waals surface area contributed by atoms with E-state index in [1.165, 1.54) is 36.3 Å². The minimum absolute atomic E-state index is 0.0785. The van der Waals surface area contributed by atoms with Crippen molar-refractivity contribution >= 4 is 65.9 Å². The zero-order valence-electron chi connectivity index (χ0n) is 24.4. The Kier molecular flexibility index (Phi) is 13.3. The van der Waals surface area contributed by atoms with Crippen molar-refractivity contribution in [1.82, 2.24) is 0 Å². The Morgan fingerprint density at radius 3 is 1.21 bits per heavy atom. The summed E-state index contributed by atoms with van der Waals surface area (Å²) in [5.74, 6) is 0. The lowest BCUT2D eigenvalue weighted by molar-refractivity contribution is 0.177. The van der Waals surface area contributed by atoms with E-state index >= 15 is 0 Å². The van der Waals surface area contributed by atoms with Crippen molar-refractivity contribution in [2.75, 3.05) is 0 Å². The van der Waals surface area contributed by atoms with Gasteiger partial charge in [0.2, 0.25) is 0 Å². The van der Waals surface area contributed by atoms with Crippen LogP contribution in [0.5, 0.6) is 0 Å². The van der Waals surface area contributed by atoms with Gasteiger partial charge >= 0.3 is 10.4 Å². The van der Waals surface area contributed by atoms with Gasteiger partial charge in [0.25, 0.3) is 0 Å². The Labute approximate surface area is 245 Å². The van der Waals surface area contributed by atoms with Gasteiger partial charge in [-0.2, -0.15) is 8.42 Å². The zero-order chi connectivity index (χ0) is 28.7. The van der Waals surface area contributed by atoms with Crippen LogP contribution in [0, 0.1) is 0 Å². The Hall–Kier alpha value is 0.0300. The fraction of sp³-hybridized carbons (Fsp3) is 0.600. The molecule has 3 fully saturated rings. The van der Waals surface area contributed by atoms with Crippen molar-refractivity contribution in [3.8, 4) is 0 Å². The molecule has 3 saturated heterocycles. The maximum absolute atomic E-state index is 10.8. The van der Waals surface area contributed by atoms with Crippen LogP contribution in [0.15, 0.2) is 48.5 Å². The molecule has 2 aromatic carbocycles. The molecule has 0 saturated carbocycles. The van der Waals surface area contributed by atoms with Gasteiger partial charge in [0.15, 0.2) is 0 Å². The summed E-state index contributed by atoms with van der Waals surface area (Å²) in [4.78, 5) is 0. The predicted octanol–water partition coefficient (Wildman–Crippen LogP) is 6.57. The highest BCUT2D eigenvalue weighted by Crippen LogP contribution is 2.58. The molecule has 0 radical (unpaired) electrons. The molecule has 0 spiro atoms. The molecule has 39 heavy (non-hydrogen) atoms. The molecule has 0 N–H and O–H groups in total. The Balaban J connectivity index is 0.000000185. The Morgan fingerprint density at radius 2 is 0.897 bits per heavy atom. The average molecular weight is 629 g/mol. The number of hydrogen-bond donors (Lipinski definition) is 0. The summed E-state index contributed by atoms with van der Waals surface area (Å²) >= 11 is 0. The van der Waals surface area contributed by atoms with E-state index in [1.54, 1.807) is 24.5 Å². The van der Waals surface area contributed by atoms with Gasteiger partial charge in [0, 0.05) is 0 Å². The minimum atomic E-state index is -3.72. The molecule has 0 aromatic heterocycles. The second kappa shape index (κ2) is 15.5. The van der Waals surface area contributed by atoms with Crippen molar-refractivity contribution in [2.45, 2.75) is 115 Å². The summed E-state index contributed by atoms with van der Waals surface area (Å²) in [7, 11) is 1.77. The van der Waals surface area contributed by atoms with Crippen molar-refractivity contribution in [3.63, 3.8) is 0 Å². The van der Waals surface area contributed by atoms with E-state index < -0.39 is 10.4 Å². The van der Waals surface area contributed by atoms with Crippen molar-refractivity contribution in [2.24, 2.45) is 0 Å². The SMILES string of the molecule is CC1CC[C@@H](C)OS(=O)(=O)O1.CC1CC[C@@H](C)P1c1ccccc1P1C(C)CC[C@H]1C.Pc1ccccc1P. The van der Waals surface area contributed by atoms with E-state index in [1.807, 2.05) is 12.1 Å². The first kappa shape index (κ1) is 33.5. The van der Waals surface area contributed by atoms with E-state index in [-0.39, 0.29) is 28.1 Å². The van der Waals surface area contributed by atoms with Crippen LogP contribution in [0.1, 0.15) is 80.1 Å². The molecule has 7 unspecified atom stereocenters. The van der Waals surface area contributed by atoms with E-state index in [9.17, 15) is 8.42 Å². The summed E-state index contributed by atoms with van der Waals surface area (Å²) in [6, 6.07) is 17.7. The van der Waals surface area contributed by atoms with Gasteiger partial charge in [-0.3, -0.25) is 0 Å². The van der Waals surface area contributed by atoms with Crippen LogP contribution in [0.4, 0.5) is 0 Å². The summed E-state index contributed by atoms with van der Waals surface area (Å²) in [5.41, 5.74) is 3.74. The highest BCUT2D eigenvalue weighted by Gasteiger charge is 2.37. The summed E-state index contributed by atoms with van der Waals surface area (Å²) in [6.45, 7) is 13.4. The fourth-order valence-electron chi connectivity index (χ4n) is 5.74. The first-order valence-corrected chi connectivity index (χ1v) is 19.7. The third kappa shape index (κ3) is 9.79. The summed E-state index contributed by atoms with van der Waals surface area (Å²) in [5, 5.41) is 6.06. The number of rotatable bonds is 2. The molecule has 0 bridgehead atoms. The monoisotopic (exact) mass is 628 g/mol. The van der Waals surface area contributed by atoms with Gasteiger partial charge in [0.1, 0.15) is 0 Å². The molecule has 5 rings (SSSR count). The Bertz CT molecular complexity index is 1060. The maximum Gasteiger partial charge on any atom is 0.400 e. The first-order chi connectivity index (χ1) is 18.4. The lowest BCUT2D eigenvalue weighted by atomic mass is 10.1. The van der Waals surface area contributed by atoms with Crippen molar-refractivity contribution < 1.29 is 16.8 Å². The normalized spacial score (nSPS) is 33.7. The van der Waals surface area contributed by atoms with Gasteiger partial charge in [-0.15, -0.1) is 18.5 Å². The smallest absolute Gasteiger partial charge is 0.245 e. The van der Waals surface area contributed by atoms with E-state index in [4.69, 9.17) is 0 Å². The largest absolute Gasteiger partial charge is 0.400 e. The molecular formula is C30H48O4P4S. The standard InChI is InChI=1S/C18H28P2.C6H12O4S.C6H8P2/c1-13-9-10-14(2)19(13)17-7-5-6-8-18(17)20-15(3)11-12-16(20)4;1-5-3-4-6(2)10-11(7,8)9-5;7-5-3-1-2-4-6(5)8/h5-8,13-16H,9-12H2,1-4H3;5-6H,3-4H2,1-2H3;1-4H,7-8H2/t13-,14?,15-,16?,19?,20?;5-,6?;/m11./s1. The molecule has 3 aliphatic rings. The molecule has 10 atom stereocenters. The minimum Gasteiger partial charge on any atom is -0.245 e. The zero-order valence-corrected chi connectivity index (χ0v) is 29.3. The first-order valence-electron chi connectivity index (χ1n) is 14.3. The van der Waals surface area contributed by atoms with Crippen LogP contribution in [0.3, 0.4) is 0 Å². The molecule has 4 nitrogen and oxygen atoms in total. The third-order valence-corrected chi connectivity index (χ3v) is 17.3. The molecule has 0 amide bonds. The van der Waals surface area contributed by atoms with Crippen LogP contribution in [0.2, 0.25) is 0 Å². The molecule has 218 valence electrons. The lowest BCUT2D eigenvalue weighted by Gasteiger charge is -2.30. The average Bonchev–Trinajstić information content (AvgIpc) is 3.35. The molecule has 2 aromatic rings. The topological polar surface area (TPSA) is 52.6 Å². The van der Waals surface area contributed by atoms with Gasteiger partial charge in [-0.25, -0.2) is 8.37 Å². The van der Waals surface area contributed by atoms with Gasteiger partial charge in [-0.05, 0) is 96.2 Å². The predicted molar refractivity (Wildman–Crippen MR) is 180 cm³/mol. The van der Waals surface area contributed by atoms with Crippen LogP contribution >= 0.6 is 34.3 Å². The maximum atomic E-state index is 10.8. The van der Waals surface area contributed by atoms with Crippen LogP contribution in [-0.4, -0.2) is 43.3 Å². The molecular weight excluding hydrogens is 580 g/mol. The molecule has 3 heterocycles. The Morgan fingerprint density at radius 1 is 0.590 bits per heavy atom. The van der Waals surface area contributed by atoms with Gasteiger partial charge in [-0.1, -0.05) is 92.1 Å². The second-order valence-corrected chi connectivity index (χ2v) is 19.8. The third-order valence-electron chi connectivity index (χ3n) is 7.88. The summed E-state index contributed by atoms with van der Waals surface area (Å²) in [6.07, 6.45) is 6.72. The van der Waals surface area contributed by atoms with E-state index in [0.717, 1.165) is 35.5 Å². The number of hydrogen-bond acceptors (Lipinski definition) is 4. The van der Waals surface area contributed by atoms with Crippen LogP contribution < -0.4 is 21.2 Å². The second-order valence-electron chi connectivity index (χ2n) is 11.3.